The quantitative estimate of drug-likeness (QED) is 0.378. The molecule has 0 saturated carbocycles. The minimum Gasteiger partial charge on any atom is -0.333 e. The number of benzene rings is 3. The highest BCUT2D eigenvalue weighted by Crippen LogP contribution is 2.30. The first-order valence-electron chi connectivity index (χ1n) is 10.5. The zero-order valence-corrected chi connectivity index (χ0v) is 20.5. The van der Waals surface area contributed by atoms with Crippen LogP contribution < -0.4 is 4.31 Å². The number of aromatic nitrogens is 1. The normalized spacial score (nSPS) is 12.5. The van der Waals surface area contributed by atoms with Gasteiger partial charge in [0.15, 0.2) is 0 Å². The molecular weight excluding hydrogens is 454 g/mol. The second-order valence-electron chi connectivity index (χ2n) is 7.95. The Morgan fingerprint density at radius 1 is 0.970 bits per heavy atom. The topological polar surface area (TPSA) is 70.6 Å². The molecule has 4 rings (SSSR count). The van der Waals surface area contributed by atoms with Crippen molar-refractivity contribution in [1.82, 2.24) is 9.88 Å². The van der Waals surface area contributed by atoms with E-state index in [0.29, 0.717) is 11.3 Å². The summed E-state index contributed by atoms with van der Waals surface area (Å²) in [5.41, 5.74) is 2.81. The van der Waals surface area contributed by atoms with Crippen LogP contribution in [-0.4, -0.2) is 38.3 Å². The fraction of sp³-hybridized carbons (Fsp3) is 0.200. The maximum absolute atomic E-state index is 13.2. The number of aryl methyl sites for hydroxylation is 1. The molecule has 1 aromatic heterocycles. The predicted octanol–water partition coefficient (Wildman–Crippen LogP) is 5.26. The van der Waals surface area contributed by atoms with Crippen LogP contribution >= 0.6 is 11.3 Å². The van der Waals surface area contributed by atoms with Crippen molar-refractivity contribution in [1.29, 1.82) is 0 Å². The van der Waals surface area contributed by atoms with Crippen LogP contribution in [0.4, 0.5) is 5.69 Å². The molecule has 0 N–H and O–H groups in total. The Balaban J connectivity index is 1.59. The van der Waals surface area contributed by atoms with Crippen molar-refractivity contribution in [3.05, 3.63) is 88.9 Å². The Morgan fingerprint density at radius 3 is 2.36 bits per heavy atom. The van der Waals surface area contributed by atoms with Crippen LogP contribution in [0.5, 0.6) is 0 Å². The first-order chi connectivity index (χ1) is 15.7. The van der Waals surface area contributed by atoms with Crippen molar-refractivity contribution in [2.24, 2.45) is 0 Å². The zero-order valence-electron chi connectivity index (χ0n) is 18.9. The first kappa shape index (κ1) is 22.9. The summed E-state index contributed by atoms with van der Waals surface area (Å²) in [6.07, 6.45) is 0. The lowest BCUT2D eigenvalue weighted by molar-refractivity contribution is 0.0742. The van der Waals surface area contributed by atoms with Crippen molar-refractivity contribution in [2.75, 3.05) is 18.4 Å². The van der Waals surface area contributed by atoms with Gasteiger partial charge in [0.1, 0.15) is 5.01 Å². The van der Waals surface area contributed by atoms with Gasteiger partial charge in [-0.3, -0.25) is 9.10 Å². The summed E-state index contributed by atoms with van der Waals surface area (Å²) >= 11 is 1.55. The van der Waals surface area contributed by atoms with Gasteiger partial charge in [0.05, 0.1) is 26.8 Å². The summed E-state index contributed by atoms with van der Waals surface area (Å²) in [6.45, 7) is 3.86. The predicted molar refractivity (Wildman–Crippen MR) is 133 cm³/mol. The van der Waals surface area contributed by atoms with Gasteiger partial charge in [-0.1, -0.05) is 35.9 Å². The molecule has 1 amide bonds. The molecular formula is C25H25N3O3S2. The van der Waals surface area contributed by atoms with E-state index in [9.17, 15) is 13.2 Å². The van der Waals surface area contributed by atoms with Crippen LogP contribution in [0.25, 0.3) is 10.2 Å². The number of nitrogens with zero attached hydrogens (tertiary/aromatic N) is 3. The highest BCUT2D eigenvalue weighted by molar-refractivity contribution is 7.92. The summed E-state index contributed by atoms with van der Waals surface area (Å²) in [4.78, 5) is 19.5. The Morgan fingerprint density at radius 2 is 1.67 bits per heavy atom. The number of thiazole rings is 1. The summed E-state index contributed by atoms with van der Waals surface area (Å²) in [5.74, 6) is -0.267. The molecule has 8 heteroatoms. The molecule has 0 unspecified atom stereocenters. The van der Waals surface area contributed by atoms with Crippen LogP contribution in [0.3, 0.4) is 0 Å². The number of carbonyl (C=O) groups excluding carboxylic acids is 1. The molecule has 0 saturated heterocycles. The molecule has 1 heterocycles. The SMILES string of the molecule is Cc1ccc(N(C)S(=O)(=O)c2cccc(C(=O)N(C)[C@@H](C)c3nc4ccccc4s3)c2)cc1. The molecule has 170 valence electrons. The molecule has 6 nitrogen and oxygen atoms in total. The van der Waals surface area contributed by atoms with Gasteiger partial charge in [-0.2, -0.15) is 0 Å². The van der Waals surface area contributed by atoms with Crippen molar-refractivity contribution >= 4 is 43.2 Å². The largest absolute Gasteiger partial charge is 0.333 e. The van der Waals surface area contributed by atoms with E-state index in [2.05, 4.69) is 4.98 Å². The van der Waals surface area contributed by atoms with E-state index in [1.165, 1.54) is 23.5 Å². The maximum atomic E-state index is 13.2. The number of hydrogen-bond acceptors (Lipinski definition) is 5. The van der Waals surface area contributed by atoms with Gasteiger partial charge >= 0.3 is 0 Å². The average Bonchev–Trinajstić information content (AvgIpc) is 3.27. The van der Waals surface area contributed by atoms with E-state index in [1.807, 2.05) is 50.2 Å². The molecule has 0 aliphatic rings. The fourth-order valence-electron chi connectivity index (χ4n) is 3.46. The summed E-state index contributed by atoms with van der Waals surface area (Å²) in [5, 5.41) is 0.829. The second-order valence-corrected chi connectivity index (χ2v) is 11.0. The molecule has 0 aliphatic heterocycles. The summed E-state index contributed by atoms with van der Waals surface area (Å²) < 4.78 is 28.7. The number of rotatable bonds is 6. The number of fused-ring (bicyclic) bond motifs is 1. The lowest BCUT2D eigenvalue weighted by atomic mass is 10.2. The van der Waals surface area contributed by atoms with Crippen LogP contribution in [0.15, 0.2) is 77.7 Å². The number of anilines is 1. The van der Waals surface area contributed by atoms with Crippen molar-refractivity contribution in [2.45, 2.75) is 24.8 Å². The first-order valence-corrected chi connectivity index (χ1v) is 12.7. The Bertz CT molecular complexity index is 1380. The Hall–Kier alpha value is -3.23. The second kappa shape index (κ2) is 8.96. The molecule has 0 bridgehead atoms. The lowest BCUT2D eigenvalue weighted by Crippen LogP contribution is -2.30. The van der Waals surface area contributed by atoms with E-state index < -0.39 is 10.0 Å². The third-order valence-electron chi connectivity index (χ3n) is 5.71. The average molecular weight is 480 g/mol. The van der Waals surface area contributed by atoms with E-state index in [0.717, 1.165) is 20.8 Å². The number of hydrogen-bond donors (Lipinski definition) is 0. The van der Waals surface area contributed by atoms with Crippen LogP contribution in [0.1, 0.15) is 33.9 Å². The van der Waals surface area contributed by atoms with Gasteiger partial charge in [0.25, 0.3) is 15.9 Å². The molecule has 0 spiro atoms. The Kier molecular flexibility index (Phi) is 6.23. The molecule has 0 radical (unpaired) electrons. The van der Waals surface area contributed by atoms with Crippen LogP contribution in [0, 0.1) is 6.92 Å². The highest BCUT2D eigenvalue weighted by Gasteiger charge is 2.25. The lowest BCUT2D eigenvalue weighted by Gasteiger charge is -2.24. The molecule has 0 fully saturated rings. The monoisotopic (exact) mass is 479 g/mol. The van der Waals surface area contributed by atoms with Gasteiger partial charge in [0.2, 0.25) is 0 Å². The van der Waals surface area contributed by atoms with Crippen LogP contribution in [-0.2, 0) is 10.0 Å². The molecule has 1 atom stereocenters. The minimum atomic E-state index is -3.82. The zero-order chi connectivity index (χ0) is 23.8. The van der Waals surface area contributed by atoms with Crippen molar-refractivity contribution in [3.8, 4) is 0 Å². The van der Waals surface area contributed by atoms with Crippen LogP contribution in [0.2, 0.25) is 0 Å². The fourth-order valence-corrected chi connectivity index (χ4v) is 5.76. The Labute approximate surface area is 198 Å². The number of sulfonamides is 1. The van der Waals surface area contributed by atoms with E-state index in [4.69, 9.17) is 0 Å². The van der Waals surface area contributed by atoms with Gasteiger partial charge < -0.3 is 4.90 Å². The smallest absolute Gasteiger partial charge is 0.264 e. The van der Waals surface area contributed by atoms with E-state index in [1.54, 1.807) is 47.5 Å². The van der Waals surface area contributed by atoms with Gasteiger partial charge in [-0.25, -0.2) is 13.4 Å². The summed E-state index contributed by atoms with van der Waals surface area (Å²) in [7, 11) is -0.607. The third-order valence-corrected chi connectivity index (χ3v) is 8.69. The standard InChI is InChI=1S/C25H25N3O3S2/c1-17-12-14-20(15-13-17)28(4)33(30,31)21-9-7-8-19(16-21)25(29)27(3)18(2)24-26-22-10-5-6-11-23(22)32-24/h5-16,18H,1-4H3/t18-/m0/s1. The van der Waals surface area contributed by atoms with Gasteiger partial charge in [0, 0.05) is 19.7 Å². The molecule has 0 aliphatic carbocycles. The van der Waals surface area contributed by atoms with Crippen molar-refractivity contribution < 1.29 is 13.2 Å². The van der Waals surface area contributed by atoms with Gasteiger partial charge in [-0.05, 0) is 56.3 Å². The highest BCUT2D eigenvalue weighted by atomic mass is 32.2. The number of amides is 1. The van der Waals surface area contributed by atoms with Gasteiger partial charge in [-0.15, -0.1) is 11.3 Å². The summed E-state index contributed by atoms with van der Waals surface area (Å²) in [6, 6.07) is 21.0. The van der Waals surface area contributed by atoms with E-state index >= 15 is 0 Å². The van der Waals surface area contributed by atoms with Crippen molar-refractivity contribution in [3.63, 3.8) is 0 Å². The molecule has 4 aromatic rings. The maximum Gasteiger partial charge on any atom is 0.264 e. The molecule has 33 heavy (non-hydrogen) atoms. The minimum absolute atomic E-state index is 0.0671. The number of para-hydroxylation sites is 1. The third kappa shape index (κ3) is 4.49. The number of carbonyl (C=O) groups is 1. The molecule has 3 aromatic carbocycles. The van der Waals surface area contributed by atoms with E-state index in [-0.39, 0.29) is 16.8 Å².